The van der Waals surface area contributed by atoms with Crippen molar-refractivity contribution in [1.29, 1.82) is 0 Å². The minimum Gasteiger partial charge on any atom is -0.497 e. The predicted molar refractivity (Wildman–Crippen MR) is 155 cm³/mol. The summed E-state index contributed by atoms with van der Waals surface area (Å²) in [6.45, 7) is 2.13. The van der Waals surface area contributed by atoms with Crippen molar-refractivity contribution >= 4 is 34.9 Å². The van der Waals surface area contributed by atoms with Gasteiger partial charge in [-0.05, 0) is 54.2 Å². The third-order valence-corrected chi connectivity index (χ3v) is 8.56. The van der Waals surface area contributed by atoms with Crippen LogP contribution in [0, 0.1) is 17.8 Å². The number of rotatable bonds is 14. The molecule has 3 atom stereocenters. The van der Waals surface area contributed by atoms with E-state index in [1.54, 1.807) is 24.3 Å². The summed E-state index contributed by atoms with van der Waals surface area (Å²) in [6.07, 6.45) is -3.44. The van der Waals surface area contributed by atoms with E-state index in [-0.39, 0.29) is 17.8 Å². The first-order valence-corrected chi connectivity index (χ1v) is 14.6. The van der Waals surface area contributed by atoms with E-state index in [0.29, 0.717) is 23.6 Å². The number of Topliss-reactive ketones (excluding diaryl/α,β-unsaturated/α-hetero) is 3. The highest BCUT2D eigenvalue weighted by Gasteiger charge is 2.46. The highest BCUT2D eigenvalue weighted by atomic mass is 35.5. The van der Waals surface area contributed by atoms with E-state index >= 15 is 0 Å². The van der Waals surface area contributed by atoms with Crippen LogP contribution in [0.25, 0.3) is 0 Å². The molecule has 0 unspecified atom stereocenters. The lowest BCUT2D eigenvalue weighted by molar-refractivity contribution is -0.177. The standard InChI is InChI=1S/C32H37ClF3NO6/c1-19(2)25(29(41)32(34,35)36)17-26(39)28(20-6-12-24(43-3)13-7-20)37-30(42)21(18-38)16-27(40)31(14-4-5-15-31)22-8-10-23(33)11-9-22/h6-13,19,21,25,28,38H,4-5,14-18H2,1-3H3,(H,37,42)/t21-,25-,28-/m0/s1. The highest BCUT2D eigenvalue weighted by Crippen LogP contribution is 2.43. The zero-order chi connectivity index (χ0) is 31.9. The molecule has 1 aliphatic rings. The Kier molecular flexibility index (Phi) is 11.5. The number of nitrogens with one attached hydrogen (secondary N) is 1. The van der Waals surface area contributed by atoms with Gasteiger partial charge in [0.25, 0.3) is 0 Å². The molecule has 0 heterocycles. The summed E-state index contributed by atoms with van der Waals surface area (Å²) < 4.78 is 45.0. The van der Waals surface area contributed by atoms with E-state index in [1.165, 1.54) is 45.2 Å². The molecule has 1 aliphatic carbocycles. The maximum atomic E-state index is 13.7. The summed E-state index contributed by atoms with van der Waals surface area (Å²) in [5.74, 6) is -7.10. The molecular formula is C32H37ClF3NO6. The molecule has 0 radical (unpaired) electrons. The summed E-state index contributed by atoms with van der Waals surface area (Å²) in [5, 5.41) is 13.2. The minimum absolute atomic E-state index is 0.232. The first-order chi connectivity index (χ1) is 20.2. The minimum atomic E-state index is -5.13. The van der Waals surface area contributed by atoms with Crippen molar-refractivity contribution in [3.05, 3.63) is 64.7 Å². The van der Waals surface area contributed by atoms with Crippen LogP contribution in [0.3, 0.4) is 0 Å². The number of carbonyl (C=O) groups is 4. The topological polar surface area (TPSA) is 110 Å². The lowest BCUT2D eigenvalue weighted by atomic mass is 9.73. The van der Waals surface area contributed by atoms with Crippen LogP contribution in [-0.2, 0) is 24.6 Å². The average molecular weight is 624 g/mol. The van der Waals surface area contributed by atoms with Gasteiger partial charge >= 0.3 is 6.18 Å². The van der Waals surface area contributed by atoms with Crippen LogP contribution >= 0.6 is 11.6 Å². The number of benzene rings is 2. The average Bonchev–Trinajstić information content (AvgIpc) is 3.48. The normalized spacial score (nSPS) is 16.8. The van der Waals surface area contributed by atoms with Crippen LogP contribution in [-0.4, -0.2) is 48.3 Å². The number of ether oxygens (including phenoxy) is 1. The molecular weight excluding hydrogens is 587 g/mol. The fraction of sp³-hybridized carbons (Fsp3) is 0.500. The molecule has 0 bridgehead atoms. The molecule has 1 saturated carbocycles. The van der Waals surface area contributed by atoms with E-state index < -0.39 is 65.9 Å². The van der Waals surface area contributed by atoms with Crippen molar-refractivity contribution < 1.29 is 42.2 Å². The number of ketones is 3. The lowest BCUT2D eigenvalue weighted by Gasteiger charge is -2.30. The smallest absolute Gasteiger partial charge is 0.450 e. The molecule has 2 aromatic rings. The van der Waals surface area contributed by atoms with Gasteiger partial charge in [0.05, 0.1) is 25.0 Å². The second kappa shape index (κ2) is 14.5. The molecule has 7 nitrogen and oxygen atoms in total. The molecule has 0 spiro atoms. The van der Waals surface area contributed by atoms with E-state index in [1.807, 2.05) is 0 Å². The molecule has 43 heavy (non-hydrogen) atoms. The number of methoxy groups -OCH3 is 1. The summed E-state index contributed by atoms with van der Waals surface area (Å²) in [4.78, 5) is 52.8. The van der Waals surface area contributed by atoms with E-state index in [4.69, 9.17) is 16.3 Å². The van der Waals surface area contributed by atoms with Crippen LogP contribution in [0.1, 0.15) is 69.5 Å². The maximum absolute atomic E-state index is 13.7. The molecule has 1 amide bonds. The number of aliphatic hydroxyl groups is 1. The summed E-state index contributed by atoms with van der Waals surface area (Å²) in [7, 11) is 1.43. The van der Waals surface area contributed by atoms with Gasteiger partial charge in [-0.1, -0.05) is 62.6 Å². The Hall–Kier alpha value is -3.24. The second-order valence-corrected chi connectivity index (χ2v) is 11.8. The van der Waals surface area contributed by atoms with Crippen LogP contribution in [0.5, 0.6) is 5.75 Å². The van der Waals surface area contributed by atoms with Gasteiger partial charge in [-0.25, -0.2) is 0 Å². The summed E-state index contributed by atoms with van der Waals surface area (Å²) in [5.41, 5.74) is 0.181. The molecule has 11 heteroatoms. The number of amides is 1. The van der Waals surface area contributed by atoms with Gasteiger partial charge in [0.2, 0.25) is 11.7 Å². The van der Waals surface area contributed by atoms with Crippen molar-refractivity contribution in [3.8, 4) is 5.75 Å². The Labute approximate surface area is 254 Å². The molecule has 0 aromatic heterocycles. The largest absolute Gasteiger partial charge is 0.497 e. The molecule has 2 aromatic carbocycles. The quantitative estimate of drug-likeness (QED) is 0.269. The summed E-state index contributed by atoms with van der Waals surface area (Å²) in [6, 6.07) is 11.5. The Bertz CT molecular complexity index is 1290. The molecule has 0 aliphatic heterocycles. The Morgan fingerprint density at radius 2 is 1.56 bits per heavy atom. The van der Waals surface area contributed by atoms with Gasteiger partial charge < -0.3 is 15.2 Å². The van der Waals surface area contributed by atoms with Crippen LogP contribution in [0.15, 0.2) is 48.5 Å². The monoisotopic (exact) mass is 623 g/mol. The van der Waals surface area contributed by atoms with Crippen molar-refractivity contribution in [2.75, 3.05) is 13.7 Å². The Morgan fingerprint density at radius 3 is 2.05 bits per heavy atom. The predicted octanol–water partition coefficient (Wildman–Crippen LogP) is 5.95. The zero-order valence-corrected chi connectivity index (χ0v) is 25.1. The maximum Gasteiger partial charge on any atom is 0.450 e. The van der Waals surface area contributed by atoms with Gasteiger partial charge in [-0.15, -0.1) is 0 Å². The Morgan fingerprint density at radius 1 is 0.977 bits per heavy atom. The van der Waals surface area contributed by atoms with E-state index in [2.05, 4.69) is 5.32 Å². The van der Waals surface area contributed by atoms with Crippen LogP contribution in [0.2, 0.25) is 5.02 Å². The number of alkyl halides is 3. The summed E-state index contributed by atoms with van der Waals surface area (Å²) >= 11 is 6.04. The fourth-order valence-corrected chi connectivity index (χ4v) is 5.84. The van der Waals surface area contributed by atoms with Gasteiger partial charge in [0, 0.05) is 23.8 Å². The third-order valence-electron chi connectivity index (χ3n) is 8.31. The van der Waals surface area contributed by atoms with E-state index in [0.717, 1.165) is 18.4 Å². The van der Waals surface area contributed by atoms with Crippen molar-refractivity contribution in [2.45, 2.75) is 70.0 Å². The lowest BCUT2D eigenvalue weighted by Crippen LogP contribution is -2.43. The van der Waals surface area contributed by atoms with Gasteiger partial charge in [0.15, 0.2) is 5.78 Å². The molecule has 0 saturated heterocycles. The van der Waals surface area contributed by atoms with Gasteiger partial charge in [0.1, 0.15) is 17.6 Å². The Balaban J connectivity index is 1.87. The van der Waals surface area contributed by atoms with Gasteiger partial charge in [-0.2, -0.15) is 13.2 Å². The number of carbonyl (C=O) groups excluding carboxylic acids is 4. The van der Waals surface area contributed by atoms with Crippen molar-refractivity contribution in [1.82, 2.24) is 5.32 Å². The number of hydrogen-bond acceptors (Lipinski definition) is 6. The number of halogens is 4. The first-order valence-electron chi connectivity index (χ1n) is 14.2. The molecule has 2 N–H and O–H groups in total. The SMILES string of the molecule is COc1ccc([C@H](NC(=O)[C@H](CO)CC(=O)C2(c3ccc(Cl)cc3)CCCC2)C(=O)C[C@H](C(=O)C(F)(F)F)C(C)C)cc1. The zero-order valence-electron chi connectivity index (χ0n) is 24.4. The number of hydrogen-bond donors (Lipinski definition) is 2. The van der Waals surface area contributed by atoms with Crippen LogP contribution in [0.4, 0.5) is 13.2 Å². The van der Waals surface area contributed by atoms with E-state index in [9.17, 15) is 37.5 Å². The second-order valence-electron chi connectivity index (χ2n) is 11.4. The van der Waals surface area contributed by atoms with Crippen molar-refractivity contribution in [2.24, 2.45) is 17.8 Å². The fourth-order valence-electron chi connectivity index (χ4n) is 5.72. The first kappa shape index (κ1) is 34.3. The molecule has 234 valence electrons. The molecule has 1 fully saturated rings. The van der Waals surface area contributed by atoms with Crippen molar-refractivity contribution in [3.63, 3.8) is 0 Å². The number of aliphatic hydroxyl groups excluding tert-OH is 1. The van der Waals surface area contributed by atoms with Gasteiger partial charge in [-0.3, -0.25) is 19.2 Å². The molecule has 3 rings (SSSR count). The highest BCUT2D eigenvalue weighted by molar-refractivity contribution is 6.30. The third kappa shape index (κ3) is 8.23. The van der Waals surface area contributed by atoms with Crippen LogP contribution < -0.4 is 10.1 Å².